The highest BCUT2D eigenvalue weighted by molar-refractivity contribution is 5.48. The maximum Gasteiger partial charge on any atom is 0.120 e. The van der Waals surface area contributed by atoms with E-state index >= 15 is 0 Å². The molecule has 0 atom stereocenters. The van der Waals surface area contributed by atoms with E-state index in [1.165, 1.54) is 0 Å². The zero-order valence-corrected chi connectivity index (χ0v) is 10.2. The van der Waals surface area contributed by atoms with Crippen LogP contribution in [0.2, 0.25) is 0 Å². The monoisotopic (exact) mass is 231 g/mol. The lowest BCUT2D eigenvalue weighted by Crippen LogP contribution is -2.02. The summed E-state index contributed by atoms with van der Waals surface area (Å²) < 4.78 is 7.09. The Morgan fingerprint density at radius 2 is 2.24 bits per heavy atom. The highest BCUT2D eigenvalue weighted by Gasteiger charge is 1.99. The molecule has 2 aromatic rings. The Morgan fingerprint density at radius 3 is 2.94 bits per heavy atom. The second kappa shape index (κ2) is 5.39. The number of nitrogens with zero attached hydrogens (tertiary/aromatic N) is 2. The van der Waals surface area contributed by atoms with Gasteiger partial charge in [0.1, 0.15) is 5.75 Å². The summed E-state index contributed by atoms with van der Waals surface area (Å²) in [6, 6.07) is 9.90. The van der Waals surface area contributed by atoms with Crippen molar-refractivity contribution in [1.29, 1.82) is 0 Å². The van der Waals surface area contributed by atoms with Gasteiger partial charge >= 0.3 is 0 Å². The van der Waals surface area contributed by atoms with Crippen molar-refractivity contribution in [1.82, 2.24) is 9.78 Å². The van der Waals surface area contributed by atoms with E-state index < -0.39 is 0 Å². The second-order valence-corrected chi connectivity index (χ2v) is 3.75. The third-order valence-corrected chi connectivity index (χ3v) is 2.56. The number of aryl methyl sites for hydroxylation is 1. The number of methoxy groups -OCH3 is 1. The van der Waals surface area contributed by atoms with Crippen LogP contribution >= 0.6 is 0 Å². The minimum Gasteiger partial charge on any atom is -0.497 e. The number of ether oxygens (including phenoxy) is 1. The maximum absolute atomic E-state index is 5.17. The van der Waals surface area contributed by atoms with Gasteiger partial charge in [-0.05, 0) is 25.1 Å². The summed E-state index contributed by atoms with van der Waals surface area (Å²) in [6.45, 7) is 3.70. The van der Waals surface area contributed by atoms with Gasteiger partial charge in [0, 0.05) is 24.5 Å². The van der Waals surface area contributed by atoms with E-state index in [2.05, 4.69) is 17.3 Å². The predicted octanol–water partition coefficient (Wildman–Crippen LogP) is 2.52. The molecule has 2 rings (SSSR count). The summed E-state index contributed by atoms with van der Waals surface area (Å²) in [6.07, 6.45) is 1.99. The molecule has 1 heterocycles. The van der Waals surface area contributed by atoms with E-state index in [1.54, 1.807) is 7.11 Å². The van der Waals surface area contributed by atoms with Crippen LogP contribution in [0.25, 0.3) is 0 Å². The quantitative estimate of drug-likeness (QED) is 0.859. The minimum absolute atomic E-state index is 0.722. The number of anilines is 1. The standard InChI is InChI=1S/C13H17N3O/c1-3-16-8-7-12(15-16)10-14-11-5-4-6-13(9-11)17-2/h4-9,14H,3,10H2,1-2H3. The lowest BCUT2D eigenvalue weighted by atomic mass is 10.3. The van der Waals surface area contributed by atoms with E-state index in [0.717, 1.165) is 30.2 Å². The van der Waals surface area contributed by atoms with Gasteiger partial charge < -0.3 is 10.1 Å². The number of hydrogen-bond acceptors (Lipinski definition) is 3. The Bertz CT molecular complexity index is 479. The van der Waals surface area contributed by atoms with Crippen LogP contribution in [0.15, 0.2) is 36.5 Å². The molecule has 0 fully saturated rings. The molecule has 0 saturated heterocycles. The first-order chi connectivity index (χ1) is 8.31. The number of aromatic nitrogens is 2. The van der Waals surface area contributed by atoms with Gasteiger partial charge in [0.25, 0.3) is 0 Å². The molecule has 4 nitrogen and oxygen atoms in total. The highest BCUT2D eigenvalue weighted by atomic mass is 16.5. The molecule has 1 aromatic carbocycles. The normalized spacial score (nSPS) is 10.2. The van der Waals surface area contributed by atoms with Gasteiger partial charge in [0.2, 0.25) is 0 Å². The molecule has 90 valence electrons. The molecule has 0 aliphatic carbocycles. The average Bonchev–Trinajstić information content (AvgIpc) is 2.84. The Labute approximate surface area is 101 Å². The van der Waals surface area contributed by atoms with Gasteiger partial charge in [-0.15, -0.1) is 0 Å². The van der Waals surface area contributed by atoms with E-state index in [-0.39, 0.29) is 0 Å². The first-order valence-corrected chi connectivity index (χ1v) is 5.72. The fourth-order valence-corrected chi connectivity index (χ4v) is 1.60. The van der Waals surface area contributed by atoms with Crippen LogP contribution in [-0.2, 0) is 13.1 Å². The van der Waals surface area contributed by atoms with Crippen molar-refractivity contribution in [2.75, 3.05) is 12.4 Å². The van der Waals surface area contributed by atoms with E-state index in [1.807, 2.05) is 41.2 Å². The summed E-state index contributed by atoms with van der Waals surface area (Å²) >= 11 is 0. The summed E-state index contributed by atoms with van der Waals surface area (Å²) in [7, 11) is 1.67. The SMILES string of the molecule is CCn1ccc(CNc2cccc(OC)c2)n1. The molecule has 0 aliphatic rings. The zero-order valence-electron chi connectivity index (χ0n) is 10.2. The Kier molecular flexibility index (Phi) is 3.65. The van der Waals surface area contributed by atoms with Crippen molar-refractivity contribution in [3.05, 3.63) is 42.2 Å². The van der Waals surface area contributed by atoms with E-state index in [4.69, 9.17) is 4.74 Å². The fraction of sp³-hybridized carbons (Fsp3) is 0.308. The Hall–Kier alpha value is -1.97. The van der Waals surface area contributed by atoms with Crippen molar-refractivity contribution in [2.45, 2.75) is 20.0 Å². The van der Waals surface area contributed by atoms with Crippen molar-refractivity contribution in [3.8, 4) is 5.75 Å². The fourth-order valence-electron chi connectivity index (χ4n) is 1.60. The molecular formula is C13H17N3O. The summed E-state index contributed by atoms with van der Waals surface area (Å²) in [5, 5.41) is 7.73. The van der Waals surface area contributed by atoms with Crippen molar-refractivity contribution >= 4 is 5.69 Å². The largest absolute Gasteiger partial charge is 0.497 e. The summed E-state index contributed by atoms with van der Waals surface area (Å²) in [5.41, 5.74) is 2.07. The summed E-state index contributed by atoms with van der Waals surface area (Å²) in [5.74, 6) is 0.856. The molecule has 0 amide bonds. The van der Waals surface area contributed by atoms with Gasteiger partial charge in [0.15, 0.2) is 0 Å². The molecular weight excluding hydrogens is 214 g/mol. The molecule has 1 aromatic heterocycles. The number of rotatable bonds is 5. The molecule has 0 saturated carbocycles. The maximum atomic E-state index is 5.17. The Morgan fingerprint density at radius 1 is 1.35 bits per heavy atom. The van der Waals surface area contributed by atoms with Crippen LogP contribution in [0.5, 0.6) is 5.75 Å². The van der Waals surface area contributed by atoms with Gasteiger partial charge in [-0.2, -0.15) is 5.10 Å². The van der Waals surface area contributed by atoms with Gasteiger partial charge in [-0.25, -0.2) is 0 Å². The van der Waals surface area contributed by atoms with Gasteiger partial charge in [0.05, 0.1) is 19.3 Å². The second-order valence-electron chi connectivity index (χ2n) is 3.75. The van der Waals surface area contributed by atoms with Crippen LogP contribution in [0.4, 0.5) is 5.69 Å². The third-order valence-electron chi connectivity index (χ3n) is 2.56. The first-order valence-electron chi connectivity index (χ1n) is 5.72. The average molecular weight is 231 g/mol. The molecule has 0 unspecified atom stereocenters. The predicted molar refractivity (Wildman–Crippen MR) is 68.2 cm³/mol. The zero-order chi connectivity index (χ0) is 12.1. The van der Waals surface area contributed by atoms with Crippen molar-refractivity contribution in [3.63, 3.8) is 0 Å². The van der Waals surface area contributed by atoms with Gasteiger partial charge in [-0.3, -0.25) is 4.68 Å². The minimum atomic E-state index is 0.722. The lowest BCUT2D eigenvalue weighted by molar-refractivity contribution is 0.415. The molecule has 4 heteroatoms. The van der Waals surface area contributed by atoms with Crippen molar-refractivity contribution in [2.24, 2.45) is 0 Å². The van der Waals surface area contributed by atoms with Crippen molar-refractivity contribution < 1.29 is 4.74 Å². The first kappa shape index (κ1) is 11.5. The van der Waals surface area contributed by atoms with Crippen LogP contribution in [0, 0.1) is 0 Å². The number of benzene rings is 1. The topological polar surface area (TPSA) is 39.1 Å². The van der Waals surface area contributed by atoms with E-state index in [0.29, 0.717) is 0 Å². The molecule has 17 heavy (non-hydrogen) atoms. The van der Waals surface area contributed by atoms with Crippen LogP contribution in [0.1, 0.15) is 12.6 Å². The van der Waals surface area contributed by atoms with Gasteiger partial charge in [-0.1, -0.05) is 6.07 Å². The highest BCUT2D eigenvalue weighted by Crippen LogP contribution is 2.17. The molecule has 0 spiro atoms. The van der Waals surface area contributed by atoms with E-state index in [9.17, 15) is 0 Å². The van der Waals surface area contributed by atoms with Crippen LogP contribution in [-0.4, -0.2) is 16.9 Å². The molecule has 0 aliphatic heterocycles. The van der Waals surface area contributed by atoms with Crippen LogP contribution < -0.4 is 10.1 Å². The smallest absolute Gasteiger partial charge is 0.120 e. The lowest BCUT2D eigenvalue weighted by Gasteiger charge is -2.06. The number of nitrogens with one attached hydrogen (secondary N) is 1. The number of hydrogen-bond donors (Lipinski definition) is 1. The van der Waals surface area contributed by atoms with Crippen LogP contribution in [0.3, 0.4) is 0 Å². The third kappa shape index (κ3) is 3.00. The molecule has 0 bridgehead atoms. The molecule has 1 N–H and O–H groups in total. The summed E-state index contributed by atoms with van der Waals surface area (Å²) in [4.78, 5) is 0. The molecule has 0 radical (unpaired) electrons. The Balaban J connectivity index is 1.96.